The SMILES string of the molecule is COC(CS(N)(=O)=O)(c1ccc(=O)n(C)c1)c1ncccn1. The van der Waals surface area contributed by atoms with Crippen molar-refractivity contribution in [1.29, 1.82) is 0 Å². The van der Waals surface area contributed by atoms with Crippen LogP contribution < -0.4 is 10.7 Å². The number of primary sulfonamides is 1. The molecule has 0 amide bonds. The number of aryl methyl sites for hydroxylation is 1. The Morgan fingerprint density at radius 1 is 1.32 bits per heavy atom. The Morgan fingerprint density at radius 3 is 2.45 bits per heavy atom. The maximum absolute atomic E-state index is 11.7. The first-order valence-corrected chi connectivity index (χ1v) is 8.00. The Hall–Kier alpha value is -2.10. The van der Waals surface area contributed by atoms with E-state index in [1.807, 2.05) is 0 Å². The molecule has 0 saturated carbocycles. The Labute approximate surface area is 127 Å². The maximum atomic E-state index is 11.7. The topological polar surface area (TPSA) is 117 Å². The molecule has 0 fully saturated rings. The van der Waals surface area contributed by atoms with Crippen LogP contribution in [0.3, 0.4) is 0 Å². The third-order valence-corrected chi connectivity index (χ3v) is 4.04. The van der Waals surface area contributed by atoms with Gasteiger partial charge in [-0.15, -0.1) is 0 Å². The third-order valence-electron chi connectivity index (χ3n) is 3.23. The van der Waals surface area contributed by atoms with Gasteiger partial charge in [0.15, 0.2) is 11.4 Å². The fourth-order valence-corrected chi connectivity index (χ4v) is 3.15. The van der Waals surface area contributed by atoms with E-state index in [1.54, 1.807) is 13.1 Å². The lowest BCUT2D eigenvalue weighted by Gasteiger charge is -2.30. The van der Waals surface area contributed by atoms with Crippen molar-refractivity contribution in [2.45, 2.75) is 5.60 Å². The van der Waals surface area contributed by atoms with Crippen molar-refractivity contribution in [2.24, 2.45) is 12.2 Å². The number of rotatable bonds is 5. The summed E-state index contributed by atoms with van der Waals surface area (Å²) < 4.78 is 30.2. The summed E-state index contributed by atoms with van der Waals surface area (Å²) in [5.74, 6) is -0.413. The number of methoxy groups -OCH3 is 1. The minimum absolute atomic E-state index is 0.144. The molecule has 2 N–H and O–H groups in total. The Kier molecular flexibility index (Phi) is 4.40. The summed E-state index contributed by atoms with van der Waals surface area (Å²) >= 11 is 0. The van der Waals surface area contributed by atoms with E-state index in [1.165, 1.54) is 42.4 Å². The number of aromatic nitrogens is 3. The molecular weight excluding hydrogens is 308 g/mol. The molecule has 9 heteroatoms. The maximum Gasteiger partial charge on any atom is 0.250 e. The van der Waals surface area contributed by atoms with Gasteiger partial charge in [-0.3, -0.25) is 4.79 Å². The van der Waals surface area contributed by atoms with E-state index in [4.69, 9.17) is 9.88 Å². The molecule has 2 aromatic rings. The monoisotopic (exact) mass is 324 g/mol. The van der Waals surface area contributed by atoms with Gasteiger partial charge in [0.05, 0.1) is 0 Å². The molecule has 118 valence electrons. The van der Waals surface area contributed by atoms with Crippen LogP contribution in [0.2, 0.25) is 0 Å². The highest BCUT2D eigenvalue weighted by Crippen LogP contribution is 2.31. The van der Waals surface area contributed by atoms with Crippen molar-refractivity contribution in [3.63, 3.8) is 0 Å². The zero-order valence-electron chi connectivity index (χ0n) is 12.1. The number of pyridine rings is 1. The predicted molar refractivity (Wildman–Crippen MR) is 79.5 cm³/mol. The highest BCUT2D eigenvalue weighted by molar-refractivity contribution is 7.89. The second kappa shape index (κ2) is 5.95. The number of ether oxygens (including phenoxy) is 1. The van der Waals surface area contributed by atoms with Crippen LogP contribution in [0.5, 0.6) is 0 Å². The summed E-state index contributed by atoms with van der Waals surface area (Å²) in [6.07, 6.45) is 4.43. The molecule has 0 aliphatic carbocycles. The second-order valence-corrected chi connectivity index (χ2v) is 6.39. The number of nitrogens with zero attached hydrogens (tertiary/aromatic N) is 3. The van der Waals surface area contributed by atoms with Crippen LogP contribution in [-0.2, 0) is 27.4 Å². The molecule has 0 saturated heterocycles. The molecule has 0 aliphatic rings. The average Bonchev–Trinajstić information content (AvgIpc) is 2.47. The van der Waals surface area contributed by atoms with Crippen LogP contribution in [0.1, 0.15) is 11.4 Å². The van der Waals surface area contributed by atoms with Crippen molar-refractivity contribution >= 4 is 10.0 Å². The third kappa shape index (κ3) is 3.21. The second-order valence-electron chi connectivity index (χ2n) is 4.78. The first-order valence-electron chi connectivity index (χ1n) is 6.29. The largest absolute Gasteiger partial charge is 0.364 e. The lowest BCUT2D eigenvalue weighted by molar-refractivity contribution is 0.0336. The molecule has 2 heterocycles. The number of hydrogen-bond donors (Lipinski definition) is 1. The summed E-state index contributed by atoms with van der Waals surface area (Å²) in [5, 5.41) is 5.21. The molecule has 0 radical (unpaired) electrons. The van der Waals surface area contributed by atoms with Crippen molar-refractivity contribution in [3.8, 4) is 0 Å². The molecule has 0 aromatic carbocycles. The first-order chi connectivity index (χ1) is 10.3. The number of sulfonamides is 1. The van der Waals surface area contributed by atoms with Gasteiger partial charge >= 0.3 is 0 Å². The minimum Gasteiger partial charge on any atom is -0.364 e. The molecule has 0 spiro atoms. The van der Waals surface area contributed by atoms with E-state index in [-0.39, 0.29) is 11.4 Å². The molecule has 22 heavy (non-hydrogen) atoms. The molecule has 2 rings (SSSR count). The summed E-state index contributed by atoms with van der Waals surface area (Å²) in [6, 6.07) is 4.39. The lowest BCUT2D eigenvalue weighted by Crippen LogP contribution is -2.42. The summed E-state index contributed by atoms with van der Waals surface area (Å²) in [5.41, 5.74) is -1.32. The van der Waals surface area contributed by atoms with E-state index in [0.29, 0.717) is 5.56 Å². The Balaban J connectivity index is 2.73. The van der Waals surface area contributed by atoms with Crippen molar-refractivity contribution in [1.82, 2.24) is 14.5 Å². The molecule has 1 atom stereocenters. The zero-order valence-corrected chi connectivity index (χ0v) is 12.9. The van der Waals surface area contributed by atoms with E-state index < -0.39 is 21.4 Å². The lowest BCUT2D eigenvalue weighted by atomic mass is 9.96. The van der Waals surface area contributed by atoms with Crippen molar-refractivity contribution in [2.75, 3.05) is 12.9 Å². The highest BCUT2D eigenvalue weighted by atomic mass is 32.2. The average molecular weight is 324 g/mol. The van der Waals surface area contributed by atoms with Gasteiger partial charge in [-0.05, 0) is 12.1 Å². The van der Waals surface area contributed by atoms with E-state index in [2.05, 4.69) is 9.97 Å². The molecular formula is C13H16N4O4S. The van der Waals surface area contributed by atoms with Crippen LogP contribution in [0.25, 0.3) is 0 Å². The summed E-state index contributed by atoms with van der Waals surface area (Å²) in [7, 11) is -1.01. The zero-order chi connectivity index (χ0) is 16.4. The van der Waals surface area contributed by atoms with E-state index in [0.717, 1.165) is 0 Å². The fraction of sp³-hybridized carbons (Fsp3) is 0.308. The fourth-order valence-electron chi connectivity index (χ4n) is 2.17. The highest BCUT2D eigenvalue weighted by Gasteiger charge is 2.41. The number of hydrogen-bond acceptors (Lipinski definition) is 6. The van der Waals surface area contributed by atoms with Crippen LogP contribution in [0, 0.1) is 0 Å². The van der Waals surface area contributed by atoms with Crippen molar-refractivity contribution in [3.05, 3.63) is 58.5 Å². The van der Waals surface area contributed by atoms with Gasteiger partial charge < -0.3 is 9.30 Å². The van der Waals surface area contributed by atoms with Gasteiger partial charge in [0.2, 0.25) is 15.6 Å². The van der Waals surface area contributed by atoms with Gasteiger partial charge in [-0.2, -0.15) is 0 Å². The smallest absolute Gasteiger partial charge is 0.250 e. The molecule has 1 unspecified atom stereocenters. The molecule has 8 nitrogen and oxygen atoms in total. The van der Waals surface area contributed by atoms with Crippen LogP contribution >= 0.6 is 0 Å². The van der Waals surface area contributed by atoms with Crippen LogP contribution in [0.15, 0.2) is 41.6 Å². The first kappa shape index (κ1) is 16.3. The quantitative estimate of drug-likeness (QED) is 0.781. The predicted octanol–water partition coefficient (Wildman–Crippen LogP) is -0.646. The van der Waals surface area contributed by atoms with E-state index in [9.17, 15) is 13.2 Å². The standard InChI is InChI=1S/C13H16N4O4S/c1-17-8-10(4-5-11(17)18)13(21-2,9-22(14,19)20)12-15-6-3-7-16-12/h3-8H,9H2,1-2H3,(H2,14,19,20). The van der Waals surface area contributed by atoms with Gasteiger partial charge in [-0.1, -0.05) is 0 Å². The van der Waals surface area contributed by atoms with Gasteiger partial charge in [0.25, 0.3) is 0 Å². The minimum atomic E-state index is -3.91. The van der Waals surface area contributed by atoms with Crippen LogP contribution in [-0.4, -0.2) is 35.8 Å². The van der Waals surface area contributed by atoms with Gasteiger partial charge in [0, 0.05) is 44.4 Å². The Bertz CT molecular complexity index is 819. The number of nitrogens with two attached hydrogens (primary N) is 1. The molecule has 2 aromatic heterocycles. The van der Waals surface area contributed by atoms with Crippen LogP contribution in [0.4, 0.5) is 0 Å². The molecule has 0 aliphatic heterocycles. The molecule has 0 bridgehead atoms. The van der Waals surface area contributed by atoms with Crippen molar-refractivity contribution < 1.29 is 13.2 Å². The summed E-state index contributed by atoms with van der Waals surface area (Å²) in [4.78, 5) is 19.7. The summed E-state index contributed by atoms with van der Waals surface area (Å²) in [6.45, 7) is 0. The van der Waals surface area contributed by atoms with Gasteiger partial charge in [-0.25, -0.2) is 23.5 Å². The normalized spacial score (nSPS) is 14.5. The Morgan fingerprint density at radius 2 is 1.95 bits per heavy atom. The van der Waals surface area contributed by atoms with E-state index >= 15 is 0 Å². The van der Waals surface area contributed by atoms with Gasteiger partial charge in [0.1, 0.15) is 5.75 Å².